The van der Waals surface area contributed by atoms with Crippen LogP contribution in [-0.4, -0.2) is 47.3 Å². The number of hydrogen-bond donors (Lipinski definition) is 1. The Labute approximate surface area is 226 Å². The molecule has 1 aliphatic heterocycles. The molecule has 1 aliphatic rings. The number of azide groups is 1. The SMILES string of the molecule is C/C=C(\C)C1CC(N=[N+]=[N-])C(O)CCCC(C)C(OP)C(C)C(=O)C(C)(C)C(OP)CC(=O)O1.[V]. The van der Waals surface area contributed by atoms with E-state index in [-0.39, 0.29) is 49.2 Å². The normalized spacial score (nSPS) is 33.7. The van der Waals surface area contributed by atoms with Crippen LogP contribution in [0.4, 0.5) is 0 Å². The summed E-state index contributed by atoms with van der Waals surface area (Å²) in [5.74, 6) is -1.03. The van der Waals surface area contributed by atoms with Crippen molar-refractivity contribution >= 4 is 30.7 Å². The van der Waals surface area contributed by atoms with Gasteiger partial charge in [-0.2, -0.15) is 0 Å². The minimum Gasteiger partial charge on any atom is -0.458 e. The minimum atomic E-state index is -0.979. The van der Waals surface area contributed by atoms with E-state index >= 15 is 0 Å². The molecule has 1 N–H and O–H groups in total. The molecule has 0 spiro atoms. The molecule has 0 bridgehead atoms. The van der Waals surface area contributed by atoms with Crippen molar-refractivity contribution in [1.82, 2.24) is 0 Å². The van der Waals surface area contributed by atoms with E-state index in [4.69, 9.17) is 19.3 Å². The molecule has 0 amide bonds. The number of ether oxygens (including phenoxy) is 1. The number of aliphatic hydroxyl groups excluding tert-OH is 1. The maximum absolute atomic E-state index is 13.5. The molecule has 0 aromatic heterocycles. The summed E-state index contributed by atoms with van der Waals surface area (Å²) >= 11 is 0. The van der Waals surface area contributed by atoms with E-state index in [1.807, 2.05) is 33.8 Å². The molecule has 35 heavy (non-hydrogen) atoms. The molecule has 1 rings (SSSR count). The standard InChI is InChI=1S/C23H41N3O6P2.V/c1-7-13(2)18-11-16(25-26-24)17(27)10-8-9-14(3)21(32-34)15(4)22(29)23(5,6)19(31-33)12-20(28)30-18;/h7,14-19,21,27H,8-12,33-34H2,1-6H3;/b13-7+;. The van der Waals surface area contributed by atoms with Crippen LogP contribution in [-0.2, 0) is 41.9 Å². The van der Waals surface area contributed by atoms with E-state index in [9.17, 15) is 14.7 Å². The van der Waals surface area contributed by atoms with E-state index in [1.54, 1.807) is 13.8 Å². The van der Waals surface area contributed by atoms with Gasteiger partial charge in [0.2, 0.25) is 0 Å². The first-order valence-corrected chi connectivity index (χ1v) is 12.7. The Kier molecular flexibility index (Phi) is 16.1. The van der Waals surface area contributed by atoms with Gasteiger partial charge in [-0.25, -0.2) is 0 Å². The second kappa shape index (κ2) is 16.4. The molecule has 1 radical (unpaired) electrons. The Morgan fingerprint density at radius 2 is 1.89 bits per heavy atom. The summed E-state index contributed by atoms with van der Waals surface area (Å²) in [5.41, 5.74) is 8.85. The number of aliphatic hydroxyl groups is 1. The smallest absolute Gasteiger partial charge is 0.309 e. The summed E-state index contributed by atoms with van der Waals surface area (Å²) in [6.07, 6.45) is 0.942. The number of esters is 1. The molecular formula is C23H41N3O6P2V. The second-order valence-corrected chi connectivity index (χ2v) is 10.3. The molecule has 1 heterocycles. The largest absolute Gasteiger partial charge is 0.458 e. The quantitative estimate of drug-likeness (QED) is 0.126. The van der Waals surface area contributed by atoms with Crippen molar-refractivity contribution in [2.45, 2.75) is 104 Å². The Morgan fingerprint density at radius 1 is 1.26 bits per heavy atom. The van der Waals surface area contributed by atoms with Crippen molar-refractivity contribution in [3.8, 4) is 0 Å². The van der Waals surface area contributed by atoms with Gasteiger partial charge in [-0.1, -0.05) is 45.3 Å². The number of Topliss-reactive ketones (excluding diaryl/α,β-unsaturated/α-hetero) is 1. The van der Waals surface area contributed by atoms with Crippen LogP contribution in [0.2, 0.25) is 0 Å². The molecule has 0 aromatic rings. The zero-order valence-electron chi connectivity index (χ0n) is 21.6. The van der Waals surface area contributed by atoms with Gasteiger partial charge in [-0.15, -0.1) is 0 Å². The Bertz CT molecular complexity index is 778. The molecular weight excluding hydrogens is 527 g/mol. The van der Waals surface area contributed by atoms with Gasteiger partial charge in [0, 0.05) is 48.3 Å². The fourth-order valence-electron chi connectivity index (χ4n) is 4.56. The van der Waals surface area contributed by atoms with Crippen LogP contribution in [0.25, 0.3) is 10.4 Å². The third kappa shape index (κ3) is 9.72. The number of nitrogens with zero attached hydrogens (tertiary/aromatic N) is 3. The third-order valence-corrected chi connectivity index (χ3v) is 7.72. The van der Waals surface area contributed by atoms with Crippen molar-refractivity contribution in [3.63, 3.8) is 0 Å². The van der Waals surface area contributed by atoms with Crippen molar-refractivity contribution in [2.75, 3.05) is 0 Å². The summed E-state index contributed by atoms with van der Waals surface area (Å²) in [5, 5.41) is 14.6. The molecule has 9 nitrogen and oxygen atoms in total. The number of hydrogen-bond acceptors (Lipinski definition) is 7. The van der Waals surface area contributed by atoms with Gasteiger partial charge in [-0.05, 0) is 50.1 Å². The van der Waals surface area contributed by atoms with Crippen molar-refractivity contribution in [2.24, 2.45) is 22.4 Å². The van der Waals surface area contributed by atoms with E-state index in [0.717, 1.165) is 5.57 Å². The van der Waals surface area contributed by atoms with Crippen molar-refractivity contribution in [3.05, 3.63) is 22.1 Å². The molecule has 1 fully saturated rings. The van der Waals surface area contributed by atoms with Crippen LogP contribution >= 0.6 is 18.9 Å². The maximum atomic E-state index is 13.5. The van der Waals surface area contributed by atoms with Gasteiger partial charge < -0.3 is 18.9 Å². The maximum Gasteiger partial charge on any atom is 0.309 e. The fraction of sp³-hybridized carbons (Fsp3) is 0.826. The number of carbonyl (C=O) groups is 2. The van der Waals surface area contributed by atoms with Gasteiger partial charge in [0.15, 0.2) is 0 Å². The first kappa shape index (κ1) is 34.5. The summed E-state index contributed by atoms with van der Waals surface area (Å²) in [6, 6.07) is -0.750. The number of cyclic esters (lactones) is 1. The Morgan fingerprint density at radius 3 is 2.40 bits per heavy atom. The van der Waals surface area contributed by atoms with Crippen LogP contribution in [0, 0.1) is 17.3 Å². The molecule has 0 aliphatic carbocycles. The van der Waals surface area contributed by atoms with Crippen LogP contribution in [0.1, 0.15) is 73.6 Å². The first-order chi connectivity index (χ1) is 15.9. The third-order valence-electron chi connectivity index (χ3n) is 7.08. The predicted molar refractivity (Wildman–Crippen MR) is 138 cm³/mol. The number of ketones is 1. The minimum absolute atomic E-state index is 0. The zero-order chi connectivity index (χ0) is 26.1. The summed E-state index contributed by atoms with van der Waals surface area (Å²) in [6.45, 7) is 11.0. The van der Waals surface area contributed by atoms with E-state index in [2.05, 4.69) is 29.0 Å². The van der Waals surface area contributed by atoms with Gasteiger partial charge >= 0.3 is 5.97 Å². The second-order valence-electron chi connectivity index (χ2n) is 9.80. The van der Waals surface area contributed by atoms with Crippen LogP contribution in [0.15, 0.2) is 16.8 Å². The molecule has 0 aromatic carbocycles. The molecule has 9 atom stereocenters. The average Bonchev–Trinajstić information content (AvgIpc) is 2.79. The first-order valence-electron chi connectivity index (χ1n) is 11.7. The molecule has 9 unspecified atom stereocenters. The number of carbonyl (C=O) groups excluding carboxylic acids is 2. The van der Waals surface area contributed by atoms with Crippen LogP contribution < -0.4 is 0 Å². The van der Waals surface area contributed by atoms with Gasteiger partial charge in [0.1, 0.15) is 11.9 Å². The Balaban J connectivity index is 0.0000116. The van der Waals surface area contributed by atoms with Crippen molar-refractivity contribution < 1.29 is 47.0 Å². The monoisotopic (exact) mass is 568 g/mol. The molecule has 199 valence electrons. The molecule has 12 heteroatoms. The van der Waals surface area contributed by atoms with E-state index in [0.29, 0.717) is 19.3 Å². The van der Waals surface area contributed by atoms with Crippen LogP contribution in [0.5, 0.6) is 0 Å². The van der Waals surface area contributed by atoms with Gasteiger partial charge in [-0.3, -0.25) is 9.59 Å². The fourth-order valence-corrected chi connectivity index (χ4v) is 5.50. The zero-order valence-corrected chi connectivity index (χ0v) is 25.3. The van der Waals surface area contributed by atoms with E-state index in [1.165, 1.54) is 0 Å². The summed E-state index contributed by atoms with van der Waals surface area (Å²) in [7, 11) is 4.41. The van der Waals surface area contributed by atoms with Crippen LogP contribution in [0.3, 0.4) is 0 Å². The van der Waals surface area contributed by atoms with Crippen molar-refractivity contribution in [1.29, 1.82) is 0 Å². The predicted octanol–water partition coefficient (Wildman–Crippen LogP) is 5.08. The molecule has 1 saturated heterocycles. The summed E-state index contributed by atoms with van der Waals surface area (Å²) < 4.78 is 16.9. The van der Waals surface area contributed by atoms with E-state index < -0.39 is 41.7 Å². The average molecular weight is 568 g/mol. The molecule has 0 saturated carbocycles. The van der Waals surface area contributed by atoms with Gasteiger partial charge in [0.05, 0.1) is 36.2 Å². The topological polar surface area (TPSA) is 131 Å². The van der Waals surface area contributed by atoms with Gasteiger partial charge in [0.25, 0.3) is 0 Å². The Hall–Kier alpha value is -0.486. The summed E-state index contributed by atoms with van der Waals surface area (Å²) in [4.78, 5) is 29.3. The number of allylic oxidation sites excluding steroid dienone is 1. The number of rotatable bonds is 4.